The monoisotopic (exact) mass is 186 g/mol. The molecule has 0 aromatic carbocycles. The van der Waals surface area contributed by atoms with Crippen LogP contribution in [0.15, 0.2) is 0 Å². The van der Waals surface area contributed by atoms with Gasteiger partial charge in [0.1, 0.15) is 0 Å². The predicted octanol–water partition coefficient (Wildman–Crippen LogP) is 1.25. The molecule has 0 aromatic rings. The van der Waals surface area contributed by atoms with Gasteiger partial charge in [0.15, 0.2) is 0 Å². The lowest BCUT2D eigenvalue weighted by Gasteiger charge is -2.36. The Labute approximate surface area is 80.5 Å². The SMILES string of the molecule is CN1CCC2(CCN(S)CC2)C1. The molecule has 3 heteroatoms. The first-order chi connectivity index (χ1) is 5.70. The smallest absolute Gasteiger partial charge is 0.00927 e. The van der Waals surface area contributed by atoms with Crippen molar-refractivity contribution >= 4 is 12.8 Å². The maximum Gasteiger partial charge on any atom is 0.00927 e. The first-order valence-corrected chi connectivity index (χ1v) is 5.23. The number of piperidine rings is 1. The van der Waals surface area contributed by atoms with Crippen molar-refractivity contribution in [3.63, 3.8) is 0 Å². The molecule has 70 valence electrons. The van der Waals surface area contributed by atoms with Crippen molar-refractivity contribution in [2.45, 2.75) is 19.3 Å². The van der Waals surface area contributed by atoms with Crippen LogP contribution in [-0.4, -0.2) is 42.4 Å². The van der Waals surface area contributed by atoms with Gasteiger partial charge >= 0.3 is 0 Å². The molecule has 0 aromatic heterocycles. The van der Waals surface area contributed by atoms with E-state index in [2.05, 4.69) is 29.1 Å². The van der Waals surface area contributed by atoms with Crippen molar-refractivity contribution in [2.24, 2.45) is 5.41 Å². The van der Waals surface area contributed by atoms with E-state index < -0.39 is 0 Å². The third-order valence-corrected chi connectivity index (χ3v) is 3.83. The van der Waals surface area contributed by atoms with Crippen molar-refractivity contribution in [1.82, 2.24) is 9.21 Å². The van der Waals surface area contributed by atoms with Crippen LogP contribution in [0.3, 0.4) is 0 Å². The van der Waals surface area contributed by atoms with Gasteiger partial charge in [0.2, 0.25) is 0 Å². The molecule has 2 aliphatic heterocycles. The Balaban J connectivity index is 1.95. The number of likely N-dealkylation sites (tertiary alicyclic amines) is 1. The highest BCUT2D eigenvalue weighted by atomic mass is 32.1. The van der Waals surface area contributed by atoms with Gasteiger partial charge in [-0.15, -0.1) is 0 Å². The van der Waals surface area contributed by atoms with E-state index in [9.17, 15) is 0 Å². The van der Waals surface area contributed by atoms with E-state index in [0.29, 0.717) is 5.41 Å². The Kier molecular flexibility index (Phi) is 2.36. The quantitative estimate of drug-likeness (QED) is 0.569. The maximum atomic E-state index is 4.38. The minimum atomic E-state index is 0.661. The molecule has 2 fully saturated rings. The van der Waals surface area contributed by atoms with Crippen LogP contribution in [0.25, 0.3) is 0 Å². The summed E-state index contributed by atoms with van der Waals surface area (Å²) in [6.07, 6.45) is 4.10. The summed E-state index contributed by atoms with van der Waals surface area (Å²) in [5.41, 5.74) is 0.661. The zero-order chi connectivity index (χ0) is 8.60. The van der Waals surface area contributed by atoms with Gasteiger partial charge in [-0.3, -0.25) is 4.31 Å². The standard InChI is InChI=1S/C9H18N2S/c1-10-5-2-9(8-10)3-6-11(12)7-4-9/h12H,2-8H2,1H3. The average Bonchev–Trinajstić information content (AvgIpc) is 2.40. The molecule has 12 heavy (non-hydrogen) atoms. The van der Waals surface area contributed by atoms with Gasteiger partial charge in [-0.25, -0.2) is 0 Å². The van der Waals surface area contributed by atoms with Crippen LogP contribution in [0.2, 0.25) is 0 Å². The molecule has 0 radical (unpaired) electrons. The molecule has 0 N–H and O–H groups in total. The van der Waals surface area contributed by atoms with Crippen LogP contribution in [0.1, 0.15) is 19.3 Å². The fraction of sp³-hybridized carbons (Fsp3) is 1.00. The van der Waals surface area contributed by atoms with Gasteiger partial charge in [-0.2, -0.15) is 0 Å². The van der Waals surface area contributed by atoms with Crippen molar-refractivity contribution in [2.75, 3.05) is 33.2 Å². The Morgan fingerprint density at radius 1 is 1.08 bits per heavy atom. The van der Waals surface area contributed by atoms with Gasteiger partial charge in [0.25, 0.3) is 0 Å². The maximum absolute atomic E-state index is 4.38. The summed E-state index contributed by atoms with van der Waals surface area (Å²) in [5.74, 6) is 0. The second kappa shape index (κ2) is 3.20. The van der Waals surface area contributed by atoms with Crippen LogP contribution in [0.5, 0.6) is 0 Å². The summed E-state index contributed by atoms with van der Waals surface area (Å²) in [4.78, 5) is 2.47. The minimum absolute atomic E-state index is 0.661. The lowest BCUT2D eigenvalue weighted by atomic mass is 9.78. The van der Waals surface area contributed by atoms with E-state index in [1.54, 1.807) is 0 Å². The van der Waals surface area contributed by atoms with Crippen LogP contribution < -0.4 is 0 Å². The van der Waals surface area contributed by atoms with Crippen LogP contribution in [-0.2, 0) is 0 Å². The number of rotatable bonds is 0. The summed E-state index contributed by atoms with van der Waals surface area (Å²) in [5, 5.41) is 0. The Hall–Kier alpha value is 0.270. The Morgan fingerprint density at radius 3 is 2.17 bits per heavy atom. The number of thiol groups is 1. The van der Waals surface area contributed by atoms with Gasteiger partial charge in [-0.1, -0.05) is 12.8 Å². The molecule has 2 nitrogen and oxygen atoms in total. The van der Waals surface area contributed by atoms with Gasteiger partial charge in [0, 0.05) is 19.6 Å². The summed E-state index contributed by atoms with van der Waals surface area (Å²) in [6.45, 7) is 4.97. The highest BCUT2D eigenvalue weighted by molar-refractivity contribution is 7.77. The topological polar surface area (TPSA) is 6.48 Å². The zero-order valence-corrected chi connectivity index (χ0v) is 8.69. The van der Waals surface area contributed by atoms with Crippen LogP contribution in [0, 0.1) is 5.41 Å². The highest BCUT2D eigenvalue weighted by Crippen LogP contribution is 2.39. The van der Waals surface area contributed by atoms with Gasteiger partial charge < -0.3 is 4.90 Å². The van der Waals surface area contributed by atoms with E-state index in [-0.39, 0.29) is 0 Å². The fourth-order valence-electron chi connectivity index (χ4n) is 2.54. The van der Waals surface area contributed by atoms with Crippen LogP contribution >= 0.6 is 12.8 Å². The normalized spacial score (nSPS) is 31.5. The minimum Gasteiger partial charge on any atom is -0.306 e. The molecule has 0 aliphatic carbocycles. The van der Waals surface area contributed by atoms with Crippen molar-refractivity contribution in [3.8, 4) is 0 Å². The molecular weight excluding hydrogens is 168 g/mol. The van der Waals surface area contributed by atoms with Crippen LogP contribution in [0.4, 0.5) is 0 Å². The predicted molar refractivity (Wildman–Crippen MR) is 54.3 cm³/mol. The molecule has 0 amide bonds. The molecule has 2 rings (SSSR count). The average molecular weight is 186 g/mol. The molecular formula is C9H18N2S. The molecule has 1 spiro atoms. The van der Waals surface area contributed by atoms with E-state index in [0.717, 1.165) is 0 Å². The zero-order valence-electron chi connectivity index (χ0n) is 7.79. The van der Waals surface area contributed by atoms with Gasteiger partial charge in [0.05, 0.1) is 0 Å². The van der Waals surface area contributed by atoms with Crippen molar-refractivity contribution in [3.05, 3.63) is 0 Å². The van der Waals surface area contributed by atoms with E-state index >= 15 is 0 Å². The summed E-state index contributed by atoms with van der Waals surface area (Å²) < 4.78 is 2.16. The third kappa shape index (κ3) is 1.63. The fourth-order valence-corrected chi connectivity index (χ4v) is 2.74. The molecule has 0 saturated carbocycles. The molecule has 0 unspecified atom stereocenters. The molecule has 2 aliphatic rings. The van der Waals surface area contributed by atoms with Crippen molar-refractivity contribution < 1.29 is 0 Å². The highest BCUT2D eigenvalue weighted by Gasteiger charge is 2.38. The van der Waals surface area contributed by atoms with Crippen molar-refractivity contribution in [1.29, 1.82) is 0 Å². The lowest BCUT2D eigenvalue weighted by molar-refractivity contribution is 0.169. The van der Waals surface area contributed by atoms with E-state index in [1.165, 1.54) is 45.4 Å². The largest absolute Gasteiger partial charge is 0.306 e. The summed E-state index contributed by atoms with van der Waals surface area (Å²) in [6, 6.07) is 0. The number of hydrogen-bond acceptors (Lipinski definition) is 3. The number of nitrogens with zero attached hydrogens (tertiary/aromatic N) is 2. The molecule has 0 atom stereocenters. The first-order valence-electron chi connectivity index (χ1n) is 4.83. The van der Waals surface area contributed by atoms with Gasteiger partial charge in [-0.05, 0) is 38.3 Å². The summed E-state index contributed by atoms with van der Waals surface area (Å²) >= 11 is 4.38. The molecule has 0 bridgehead atoms. The van der Waals surface area contributed by atoms with E-state index in [4.69, 9.17) is 0 Å². The molecule has 2 heterocycles. The second-order valence-electron chi connectivity index (χ2n) is 4.44. The third-order valence-electron chi connectivity index (χ3n) is 3.43. The first kappa shape index (κ1) is 8.85. The van der Waals surface area contributed by atoms with E-state index in [1.807, 2.05) is 0 Å². The number of hydrogen-bond donors (Lipinski definition) is 1. The summed E-state index contributed by atoms with van der Waals surface area (Å²) in [7, 11) is 2.24. The Bertz CT molecular complexity index is 164. The Morgan fingerprint density at radius 2 is 1.67 bits per heavy atom. The lowest BCUT2D eigenvalue weighted by Crippen LogP contribution is -2.37. The second-order valence-corrected chi connectivity index (χ2v) is 5.01. The molecule has 2 saturated heterocycles.